The number of benzene rings is 3. The molecule has 0 spiro atoms. The Balaban J connectivity index is 0.992. The lowest BCUT2D eigenvalue weighted by atomic mass is 9.83. The second-order valence-electron chi connectivity index (χ2n) is 20.2. The number of fused-ring (bicyclic) bond motifs is 3. The van der Waals surface area contributed by atoms with Crippen molar-refractivity contribution in [1.82, 2.24) is 38.5 Å². The van der Waals surface area contributed by atoms with Crippen LogP contribution in [0.25, 0.3) is 34.2 Å². The summed E-state index contributed by atoms with van der Waals surface area (Å²) in [4.78, 5) is 47.9. The molecular formula is C51H51F2N9O6S. The highest BCUT2D eigenvalue weighted by Crippen LogP contribution is 2.56. The molecule has 0 unspecified atom stereocenters. The highest BCUT2D eigenvalue weighted by molar-refractivity contribution is 7.94. The van der Waals surface area contributed by atoms with Gasteiger partial charge in [0.2, 0.25) is 0 Å². The summed E-state index contributed by atoms with van der Waals surface area (Å²) < 4.78 is 67.4. The Bertz CT molecular complexity index is 3610. The largest absolute Gasteiger partial charge is 0.438 e. The third-order valence-corrected chi connectivity index (χ3v) is 18.0. The number of carbonyl (C=O) groups excluding carboxylic acids is 1. The van der Waals surface area contributed by atoms with Gasteiger partial charge in [0.25, 0.3) is 5.91 Å². The lowest BCUT2D eigenvalue weighted by Crippen LogP contribution is -2.41. The van der Waals surface area contributed by atoms with Crippen LogP contribution in [0.2, 0.25) is 0 Å². The molecule has 0 radical (unpaired) electrons. The molecule has 18 heteroatoms. The van der Waals surface area contributed by atoms with Crippen LogP contribution in [-0.4, -0.2) is 72.6 Å². The molecule has 356 valence electrons. The van der Waals surface area contributed by atoms with Crippen molar-refractivity contribution >= 4 is 32.6 Å². The average molecular weight is 956 g/mol. The van der Waals surface area contributed by atoms with Gasteiger partial charge in [0.1, 0.15) is 22.9 Å². The number of halogens is 2. The Morgan fingerprint density at radius 3 is 2.39 bits per heavy atom. The van der Waals surface area contributed by atoms with Gasteiger partial charge in [-0.2, -0.15) is 5.10 Å². The number of nitrogens with one attached hydrogen (secondary N) is 1. The second kappa shape index (κ2) is 15.2. The molecule has 69 heavy (non-hydrogen) atoms. The number of aromatic amines is 1. The number of ether oxygens (including phenoxy) is 1. The molecule has 2 saturated carbocycles. The van der Waals surface area contributed by atoms with Gasteiger partial charge < -0.3 is 14.2 Å². The van der Waals surface area contributed by atoms with Gasteiger partial charge in [0.05, 0.1) is 43.3 Å². The van der Waals surface area contributed by atoms with E-state index in [0.29, 0.717) is 69.8 Å². The molecule has 2 aliphatic carbocycles. The van der Waals surface area contributed by atoms with Gasteiger partial charge in [-0.25, -0.2) is 31.6 Å². The van der Waals surface area contributed by atoms with Gasteiger partial charge in [-0.3, -0.25) is 23.4 Å². The second-order valence-corrected chi connectivity index (χ2v) is 22.6. The van der Waals surface area contributed by atoms with Crippen molar-refractivity contribution in [2.24, 2.45) is 10.3 Å². The number of nitrogens with zero attached hydrogens (tertiary/aromatic N) is 8. The van der Waals surface area contributed by atoms with E-state index in [-0.39, 0.29) is 52.2 Å². The Hall–Kier alpha value is -6.66. The topological polar surface area (TPSA) is 168 Å². The van der Waals surface area contributed by atoms with E-state index in [1.165, 1.54) is 39.9 Å². The summed E-state index contributed by atoms with van der Waals surface area (Å²) >= 11 is 0. The monoisotopic (exact) mass is 955 g/mol. The first-order chi connectivity index (χ1) is 33.0. The minimum absolute atomic E-state index is 0.0154. The lowest BCUT2D eigenvalue weighted by molar-refractivity contribution is -0.0592. The maximum absolute atomic E-state index is 16.7. The Morgan fingerprint density at radius 2 is 1.70 bits per heavy atom. The van der Waals surface area contributed by atoms with Crippen LogP contribution >= 0.6 is 0 Å². The zero-order valence-electron chi connectivity index (χ0n) is 39.1. The van der Waals surface area contributed by atoms with Gasteiger partial charge in [-0.05, 0) is 144 Å². The van der Waals surface area contributed by atoms with Crippen molar-refractivity contribution in [3.63, 3.8) is 0 Å². The highest BCUT2D eigenvalue weighted by atomic mass is 32.2. The maximum atomic E-state index is 16.7. The number of carbonyl (C=O) groups is 1. The van der Waals surface area contributed by atoms with E-state index < -0.39 is 38.6 Å². The summed E-state index contributed by atoms with van der Waals surface area (Å²) in [6.07, 6.45) is 10.0. The number of H-pyrrole nitrogens is 1. The molecule has 12 rings (SSSR count). The average Bonchev–Trinajstić information content (AvgIpc) is 4.06. The molecule has 5 atom stereocenters. The summed E-state index contributed by atoms with van der Waals surface area (Å²) in [5.41, 5.74) is 3.19. The number of hydrogen-bond acceptors (Lipinski definition) is 9. The van der Waals surface area contributed by atoms with Crippen LogP contribution in [0.5, 0.6) is 0 Å². The molecule has 7 aromatic rings. The fraction of sp³-hybridized carbons (Fsp3) is 0.392. The van der Waals surface area contributed by atoms with Crippen LogP contribution in [0.1, 0.15) is 122 Å². The molecular weight excluding hydrogens is 905 g/mol. The first-order valence-electron chi connectivity index (χ1n) is 23.6. The molecule has 7 heterocycles. The third-order valence-electron chi connectivity index (χ3n) is 15.2. The fourth-order valence-electron chi connectivity index (χ4n) is 11.5. The van der Waals surface area contributed by atoms with Gasteiger partial charge >= 0.3 is 11.4 Å². The van der Waals surface area contributed by atoms with Gasteiger partial charge in [0.15, 0.2) is 11.6 Å². The Labute approximate surface area is 395 Å². The van der Waals surface area contributed by atoms with Crippen molar-refractivity contribution in [2.75, 3.05) is 13.2 Å². The molecule has 4 aromatic heterocycles. The zero-order chi connectivity index (χ0) is 48.1. The predicted octanol–water partition coefficient (Wildman–Crippen LogP) is 8.53. The van der Waals surface area contributed by atoms with Crippen molar-refractivity contribution in [3.05, 3.63) is 145 Å². The Kier molecular flexibility index (Phi) is 9.59. The van der Waals surface area contributed by atoms with Gasteiger partial charge in [-0.15, -0.1) is 0 Å². The third kappa shape index (κ3) is 6.57. The summed E-state index contributed by atoms with van der Waals surface area (Å²) in [5.74, 6) is -1.13. The molecule has 1 saturated heterocycles. The predicted molar refractivity (Wildman–Crippen MR) is 254 cm³/mol. The standard InChI is InChI=1S/C51H51F2N9O6S/c1-27-21-34(22-28(2)43(27)52)62-45(60-19-18-59(49(60)65)39-11-12-41-36(44(39)53)13-16-54-69(41,66)35-8-9-35)42-30(4)58(17-14-37(42)56-62)46(63)40-24-33-23-31(32-15-20-67-50(5,6)26-32)7-10-38(33)61(40)51(25-29(51)3)47-55-48(64)68-57-47/h7,10-13,16,18-19,21-24,29-30,32,35H,8-9,14-15,17,20,25-26H2,1-6H3,(H,55,57,64)/t29-,30-,32-,51-,69+/m0/s1. The van der Waals surface area contributed by atoms with Crippen LogP contribution in [0.4, 0.5) is 8.78 Å². The van der Waals surface area contributed by atoms with E-state index in [1.807, 2.05) is 17.6 Å². The lowest BCUT2D eigenvalue weighted by Gasteiger charge is -2.35. The summed E-state index contributed by atoms with van der Waals surface area (Å²) in [7, 11) is -2.85. The number of aromatic nitrogens is 7. The molecule has 1 amide bonds. The summed E-state index contributed by atoms with van der Waals surface area (Å²) in [6.45, 7) is 12.4. The minimum atomic E-state index is -2.85. The molecule has 0 bridgehead atoms. The number of aryl methyl sites for hydroxylation is 2. The van der Waals surface area contributed by atoms with Crippen molar-refractivity contribution < 1.29 is 27.0 Å². The summed E-state index contributed by atoms with van der Waals surface area (Å²) in [6, 6.07) is 14.0. The van der Waals surface area contributed by atoms with Crippen molar-refractivity contribution in [1.29, 1.82) is 0 Å². The van der Waals surface area contributed by atoms with Gasteiger partial charge in [-0.1, -0.05) is 18.1 Å². The fourth-order valence-corrected chi connectivity index (χ4v) is 13.9. The van der Waals surface area contributed by atoms with E-state index in [1.54, 1.807) is 41.6 Å². The van der Waals surface area contributed by atoms with E-state index in [4.69, 9.17) is 14.4 Å². The van der Waals surface area contributed by atoms with Crippen LogP contribution in [0.15, 0.2) is 90.5 Å². The maximum Gasteiger partial charge on any atom is 0.438 e. The Morgan fingerprint density at radius 1 is 0.942 bits per heavy atom. The number of hydrogen-bond donors (Lipinski definition) is 1. The quantitative estimate of drug-likeness (QED) is 0.158. The number of amides is 1. The van der Waals surface area contributed by atoms with Crippen molar-refractivity contribution in [2.45, 2.75) is 113 Å². The van der Waals surface area contributed by atoms with Crippen LogP contribution < -0.4 is 11.4 Å². The molecule has 3 fully saturated rings. The summed E-state index contributed by atoms with van der Waals surface area (Å²) in [5, 5.41) is 9.98. The van der Waals surface area contributed by atoms with Gasteiger partial charge in [0, 0.05) is 65.4 Å². The van der Waals surface area contributed by atoms with Crippen molar-refractivity contribution in [3.8, 4) is 17.2 Å². The smallest absolute Gasteiger partial charge is 0.376 e. The molecule has 3 aliphatic heterocycles. The highest BCUT2D eigenvalue weighted by Gasteiger charge is 2.59. The SMILES string of the molecule is Cc1cc(-n2nc3c(c2-n2ccn(-c4ccc5c(c4F)C=CN=[S@@]5(=O)C4CC4)c2=O)[C@H](C)N(C(=O)c2cc4cc([C@H]5CCOC(C)(C)C5)ccc4n2[C@@]2(c4noc(=O)[nH]4)C[C@@H]2C)CC3)cc(C)c1F. The van der Waals surface area contributed by atoms with E-state index in [0.717, 1.165) is 42.1 Å². The number of imidazole rings is 1. The molecule has 5 aliphatic rings. The van der Waals surface area contributed by atoms with Crippen LogP contribution in [-0.2, 0) is 26.4 Å². The van der Waals surface area contributed by atoms with Crippen LogP contribution in [0.3, 0.4) is 0 Å². The van der Waals surface area contributed by atoms with E-state index in [9.17, 15) is 13.8 Å². The van der Waals surface area contributed by atoms with E-state index in [2.05, 4.69) is 53.5 Å². The number of rotatable bonds is 8. The molecule has 1 N–H and O–H groups in total. The zero-order valence-corrected chi connectivity index (χ0v) is 39.9. The minimum Gasteiger partial charge on any atom is -0.376 e. The van der Waals surface area contributed by atoms with E-state index >= 15 is 13.6 Å². The first kappa shape index (κ1) is 43.6. The first-order valence-corrected chi connectivity index (χ1v) is 25.2. The molecule has 3 aromatic carbocycles. The van der Waals surface area contributed by atoms with Crippen LogP contribution in [0, 0.1) is 31.4 Å². The normalized spacial score (nSPS) is 24.9. The molecule has 15 nitrogen and oxygen atoms in total.